The van der Waals surface area contributed by atoms with Gasteiger partial charge in [0.15, 0.2) is 8.46 Å². The van der Waals surface area contributed by atoms with E-state index in [4.69, 9.17) is 4.74 Å². The molecule has 0 saturated carbocycles. The fourth-order valence-corrected chi connectivity index (χ4v) is 1.31. The highest BCUT2D eigenvalue weighted by atomic mass is 31.1. The van der Waals surface area contributed by atoms with E-state index in [1.54, 1.807) is 0 Å². The SMILES string of the molecule is CC(C)(CCOCc1ccccc1)P=O. The molecule has 15 heavy (non-hydrogen) atoms. The highest BCUT2D eigenvalue weighted by molar-refractivity contribution is 7.25. The summed E-state index contributed by atoms with van der Waals surface area (Å²) in [6, 6.07) is 10.1. The highest BCUT2D eigenvalue weighted by Crippen LogP contribution is 2.25. The quantitative estimate of drug-likeness (QED) is 0.544. The first kappa shape index (κ1) is 12.4. The summed E-state index contributed by atoms with van der Waals surface area (Å²) in [4.78, 5) is 0. The molecule has 0 bridgehead atoms. The van der Waals surface area contributed by atoms with Crippen molar-refractivity contribution < 1.29 is 9.30 Å². The molecule has 2 nitrogen and oxygen atoms in total. The predicted molar refractivity (Wildman–Crippen MR) is 62.4 cm³/mol. The van der Waals surface area contributed by atoms with Crippen LogP contribution in [0.4, 0.5) is 0 Å². The van der Waals surface area contributed by atoms with Crippen LogP contribution in [-0.4, -0.2) is 11.8 Å². The molecule has 1 rings (SSSR count). The Hall–Kier alpha value is -0.720. The molecule has 0 fully saturated rings. The fraction of sp³-hybridized carbons (Fsp3) is 0.500. The second-order valence-corrected chi connectivity index (χ2v) is 5.59. The van der Waals surface area contributed by atoms with Gasteiger partial charge in [-0.3, -0.25) is 4.57 Å². The standard InChI is InChI=1S/C12H17O2P/c1-12(2,15-13)8-9-14-10-11-6-4-3-5-7-11/h3-7H,8-10H2,1-2H3. The first-order valence-electron chi connectivity index (χ1n) is 5.10. The Kier molecular flexibility index (Phi) is 4.93. The monoisotopic (exact) mass is 224 g/mol. The molecule has 0 unspecified atom stereocenters. The predicted octanol–water partition coefficient (Wildman–Crippen LogP) is 3.66. The van der Waals surface area contributed by atoms with Crippen molar-refractivity contribution in [3.05, 3.63) is 35.9 Å². The molecule has 0 heterocycles. The van der Waals surface area contributed by atoms with Crippen LogP contribution in [0.5, 0.6) is 0 Å². The largest absolute Gasteiger partial charge is 0.377 e. The van der Waals surface area contributed by atoms with Gasteiger partial charge in [-0.05, 0) is 25.8 Å². The van der Waals surface area contributed by atoms with Gasteiger partial charge in [0.05, 0.1) is 6.61 Å². The number of hydrogen-bond donors (Lipinski definition) is 0. The van der Waals surface area contributed by atoms with Gasteiger partial charge in [0.2, 0.25) is 0 Å². The van der Waals surface area contributed by atoms with E-state index in [0.717, 1.165) is 6.42 Å². The van der Waals surface area contributed by atoms with Crippen LogP contribution in [0.25, 0.3) is 0 Å². The first-order valence-corrected chi connectivity index (χ1v) is 5.91. The number of benzene rings is 1. The van der Waals surface area contributed by atoms with Crippen molar-refractivity contribution in [3.8, 4) is 0 Å². The van der Waals surface area contributed by atoms with Crippen molar-refractivity contribution in [2.45, 2.75) is 32.0 Å². The minimum absolute atomic E-state index is 0.170. The molecule has 0 radical (unpaired) electrons. The van der Waals surface area contributed by atoms with Crippen molar-refractivity contribution in [3.63, 3.8) is 0 Å². The maximum atomic E-state index is 10.7. The van der Waals surface area contributed by atoms with Crippen molar-refractivity contribution in [1.82, 2.24) is 0 Å². The third-order valence-corrected chi connectivity index (χ3v) is 2.93. The Morgan fingerprint density at radius 2 is 1.93 bits per heavy atom. The molecule has 0 atom stereocenters. The average Bonchev–Trinajstić information content (AvgIpc) is 2.26. The molecule has 0 amide bonds. The zero-order valence-electron chi connectivity index (χ0n) is 9.27. The number of hydrogen-bond acceptors (Lipinski definition) is 2. The van der Waals surface area contributed by atoms with Crippen LogP contribution >= 0.6 is 8.46 Å². The van der Waals surface area contributed by atoms with E-state index in [2.05, 4.69) is 0 Å². The maximum Gasteiger partial charge on any atom is 0.161 e. The van der Waals surface area contributed by atoms with Crippen molar-refractivity contribution in [1.29, 1.82) is 0 Å². The van der Waals surface area contributed by atoms with Crippen molar-refractivity contribution in [2.75, 3.05) is 6.61 Å². The van der Waals surface area contributed by atoms with Crippen LogP contribution in [0.1, 0.15) is 25.8 Å². The number of rotatable bonds is 6. The van der Waals surface area contributed by atoms with E-state index in [1.807, 2.05) is 44.2 Å². The normalized spacial score (nSPS) is 11.9. The molecular weight excluding hydrogens is 207 g/mol. The summed E-state index contributed by atoms with van der Waals surface area (Å²) in [6.07, 6.45) is 0.810. The molecule has 82 valence electrons. The number of ether oxygens (including phenoxy) is 1. The lowest BCUT2D eigenvalue weighted by molar-refractivity contribution is 0.113. The van der Waals surface area contributed by atoms with Gasteiger partial charge in [-0.15, -0.1) is 0 Å². The minimum Gasteiger partial charge on any atom is -0.377 e. The van der Waals surface area contributed by atoms with Gasteiger partial charge in [-0.25, -0.2) is 0 Å². The van der Waals surface area contributed by atoms with Crippen LogP contribution in [0.15, 0.2) is 30.3 Å². The Morgan fingerprint density at radius 3 is 2.53 bits per heavy atom. The molecule has 0 N–H and O–H groups in total. The van der Waals surface area contributed by atoms with E-state index in [9.17, 15) is 4.57 Å². The summed E-state index contributed by atoms with van der Waals surface area (Å²) in [5.74, 6) is 0. The van der Waals surface area contributed by atoms with Crippen molar-refractivity contribution >= 4 is 8.46 Å². The zero-order valence-corrected chi connectivity index (χ0v) is 10.2. The Balaban J connectivity index is 2.20. The molecule has 0 aliphatic rings. The summed E-state index contributed by atoms with van der Waals surface area (Å²) in [6.45, 7) is 5.21. The molecule has 0 spiro atoms. The summed E-state index contributed by atoms with van der Waals surface area (Å²) >= 11 is 0. The molecular formula is C12H17O2P. The molecule has 1 aromatic carbocycles. The van der Waals surface area contributed by atoms with Crippen molar-refractivity contribution in [2.24, 2.45) is 0 Å². The molecule has 1 aromatic rings. The summed E-state index contributed by atoms with van der Waals surface area (Å²) in [5, 5.41) is -0.170. The zero-order chi connectivity index (χ0) is 11.1. The Bertz CT molecular complexity index is 296. The molecule has 0 aliphatic heterocycles. The lowest BCUT2D eigenvalue weighted by Crippen LogP contribution is -2.13. The van der Waals surface area contributed by atoms with Gasteiger partial charge in [0.1, 0.15) is 0 Å². The second kappa shape index (κ2) is 5.99. The minimum atomic E-state index is -0.170. The van der Waals surface area contributed by atoms with Crippen LogP contribution < -0.4 is 0 Å². The van der Waals surface area contributed by atoms with E-state index >= 15 is 0 Å². The van der Waals surface area contributed by atoms with Gasteiger partial charge in [-0.1, -0.05) is 30.3 Å². The average molecular weight is 224 g/mol. The molecule has 0 saturated heterocycles. The lowest BCUT2D eigenvalue weighted by Gasteiger charge is -2.14. The Labute approximate surface area is 92.9 Å². The van der Waals surface area contributed by atoms with E-state index in [1.165, 1.54) is 5.56 Å². The summed E-state index contributed by atoms with van der Waals surface area (Å²) in [5.41, 5.74) is 1.18. The van der Waals surface area contributed by atoms with E-state index in [-0.39, 0.29) is 13.6 Å². The summed E-state index contributed by atoms with van der Waals surface area (Å²) in [7, 11) is 0.188. The third-order valence-electron chi connectivity index (χ3n) is 2.22. The van der Waals surface area contributed by atoms with Crippen LogP contribution in [0.3, 0.4) is 0 Å². The summed E-state index contributed by atoms with van der Waals surface area (Å²) < 4.78 is 16.2. The van der Waals surface area contributed by atoms with Crippen LogP contribution in [-0.2, 0) is 15.9 Å². The topological polar surface area (TPSA) is 26.3 Å². The molecule has 3 heteroatoms. The van der Waals surface area contributed by atoms with Gasteiger partial charge in [0, 0.05) is 11.8 Å². The third kappa shape index (κ3) is 5.06. The van der Waals surface area contributed by atoms with Crippen LogP contribution in [0.2, 0.25) is 0 Å². The second-order valence-electron chi connectivity index (χ2n) is 4.19. The van der Waals surface area contributed by atoms with Gasteiger partial charge in [-0.2, -0.15) is 0 Å². The van der Waals surface area contributed by atoms with E-state index in [0.29, 0.717) is 13.2 Å². The van der Waals surface area contributed by atoms with Crippen LogP contribution in [0, 0.1) is 0 Å². The maximum absolute atomic E-state index is 10.7. The Morgan fingerprint density at radius 1 is 1.27 bits per heavy atom. The van der Waals surface area contributed by atoms with Gasteiger partial charge < -0.3 is 4.74 Å². The lowest BCUT2D eigenvalue weighted by atomic mass is 10.1. The van der Waals surface area contributed by atoms with Gasteiger partial charge >= 0.3 is 0 Å². The fourth-order valence-electron chi connectivity index (χ4n) is 1.13. The molecule has 0 aromatic heterocycles. The highest BCUT2D eigenvalue weighted by Gasteiger charge is 2.17. The first-order chi connectivity index (χ1) is 7.14. The molecule has 0 aliphatic carbocycles. The van der Waals surface area contributed by atoms with E-state index < -0.39 is 0 Å². The van der Waals surface area contributed by atoms with Gasteiger partial charge in [0.25, 0.3) is 0 Å². The smallest absolute Gasteiger partial charge is 0.161 e.